The third-order valence-corrected chi connectivity index (χ3v) is 7.11. The van der Waals surface area contributed by atoms with Crippen LogP contribution in [-0.2, 0) is 6.42 Å². The number of hydrogen-bond acceptors (Lipinski definition) is 2. The number of benzene rings is 1. The maximum atomic E-state index is 10.7. The Bertz CT molecular complexity index is 633. The van der Waals surface area contributed by atoms with E-state index >= 15 is 0 Å². The predicted molar refractivity (Wildman–Crippen MR) is 93.1 cm³/mol. The van der Waals surface area contributed by atoms with Crippen LogP contribution in [0.15, 0.2) is 12.1 Å². The third-order valence-electron chi connectivity index (χ3n) is 7.11. The van der Waals surface area contributed by atoms with Crippen LogP contribution < -0.4 is 4.74 Å². The van der Waals surface area contributed by atoms with Gasteiger partial charge in [0, 0.05) is 17.4 Å². The van der Waals surface area contributed by atoms with Crippen LogP contribution in [0, 0.1) is 17.3 Å². The lowest BCUT2D eigenvalue weighted by molar-refractivity contribution is -0.121. The van der Waals surface area contributed by atoms with Gasteiger partial charge in [-0.25, -0.2) is 0 Å². The van der Waals surface area contributed by atoms with Crippen molar-refractivity contribution in [1.29, 1.82) is 0 Å². The van der Waals surface area contributed by atoms with E-state index in [0.29, 0.717) is 17.6 Å². The lowest BCUT2D eigenvalue weighted by atomic mass is 9.45. The van der Waals surface area contributed by atoms with Gasteiger partial charge >= 0.3 is 0 Å². The van der Waals surface area contributed by atoms with E-state index in [9.17, 15) is 5.11 Å². The van der Waals surface area contributed by atoms with Gasteiger partial charge in [-0.3, -0.25) is 0 Å². The Hall–Kier alpha value is -1.18. The monoisotopic (exact) mass is 314 g/mol. The average molecular weight is 314 g/mol. The highest BCUT2D eigenvalue weighted by Gasteiger charge is 2.69. The van der Waals surface area contributed by atoms with Crippen LogP contribution in [0.3, 0.4) is 0 Å². The number of ether oxygens (including phenoxy) is 1. The maximum absolute atomic E-state index is 10.7. The molecule has 1 aliphatic heterocycles. The van der Waals surface area contributed by atoms with E-state index in [-0.39, 0.29) is 11.0 Å². The van der Waals surface area contributed by atoms with Gasteiger partial charge < -0.3 is 9.84 Å². The molecule has 1 N–H and O–H groups in total. The number of fused-ring (bicyclic) bond motifs is 2. The highest BCUT2D eigenvalue weighted by molar-refractivity contribution is 5.55. The number of aromatic hydroxyl groups is 1. The summed E-state index contributed by atoms with van der Waals surface area (Å²) in [7, 11) is 0. The topological polar surface area (TPSA) is 29.5 Å². The fourth-order valence-corrected chi connectivity index (χ4v) is 5.92. The summed E-state index contributed by atoms with van der Waals surface area (Å²) in [5.41, 5.74) is 2.58. The Morgan fingerprint density at radius 2 is 2.00 bits per heavy atom. The minimum Gasteiger partial charge on any atom is -0.508 e. The molecule has 23 heavy (non-hydrogen) atoms. The zero-order valence-corrected chi connectivity index (χ0v) is 15.0. The Morgan fingerprint density at radius 1 is 1.22 bits per heavy atom. The summed E-state index contributed by atoms with van der Waals surface area (Å²) in [6.07, 6.45) is 7.12. The SMILES string of the molecule is CCCCCc1cc(O)c2c(c1)O[C@]1(C)CC[C@H]3[C@@H]1C2C3(C)C. The van der Waals surface area contributed by atoms with Gasteiger partial charge in [0.25, 0.3) is 0 Å². The lowest BCUT2D eigenvalue weighted by Crippen LogP contribution is -2.59. The molecular formula is C21H30O2. The van der Waals surface area contributed by atoms with Crippen molar-refractivity contribution in [1.82, 2.24) is 0 Å². The molecule has 4 rings (SSSR count). The third kappa shape index (κ3) is 1.99. The molecule has 1 aromatic carbocycles. The van der Waals surface area contributed by atoms with E-state index in [1.807, 2.05) is 6.07 Å². The number of phenolic OH excluding ortho intramolecular Hbond substituents is 1. The number of aryl methyl sites for hydroxylation is 1. The molecule has 1 unspecified atom stereocenters. The zero-order chi connectivity index (χ0) is 16.4. The van der Waals surface area contributed by atoms with E-state index < -0.39 is 0 Å². The maximum Gasteiger partial charge on any atom is 0.127 e. The summed E-state index contributed by atoms with van der Waals surface area (Å²) >= 11 is 0. The van der Waals surface area contributed by atoms with Gasteiger partial charge in [0.2, 0.25) is 0 Å². The second kappa shape index (κ2) is 4.91. The summed E-state index contributed by atoms with van der Waals surface area (Å²) in [6, 6.07) is 4.22. The first-order chi connectivity index (χ1) is 10.9. The minimum atomic E-state index is -0.0215. The molecule has 2 aliphatic carbocycles. The van der Waals surface area contributed by atoms with Crippen molar-refractivity contribution in [3.05, 3.63) is 23.3 Å². The molecule has 4 atom stereocenters. The first-order valence-corrected chi connectivity index (χ1v) is 9.43. The van der Waals surface area contributed by atoms with Crippen molar-refractivity contribution in [2.24, 2.45) is 17.3 Å². The van der Waals surface area contributed by atoms with Crippen molar-refractivity contribution >= 4 is 0 Å². The fraction of sp³-hybridized carbons (Fsp3) is 0.714. The lowest BCUT2D eigenvalue weighted by Gasteiger charge is -2.62. The number of unbranched alkanes of at least 4 members (excludes halogenated alkanes) is 2. The van der Waals surface area contributed by atoms with Crippen LogP contribution in [0.25, 0.3) is 0 Å². The molecule has 126 valence electrons. The molecule has 0 saturated heterocycles. The molecule has 1 aromatic rings. The zero-order valence-electron chi connectivity index (χ0n) is 15.0. The fourth-order valence-electron chi connectivity index (χ4n) is 5.92. The van der Waals surface area contributed by atoms with Crippen LogP contribution in [-0.4, -0.2) is 10.7 Å². The van der Waals surface area contributed by atoms with Crippen LogP contribution in [0.2, 0.25) is 0 Å². The van der Waals surface area contributed by atoms with E-state index in [2.05, 4.69) is 33.8 Å². The Balaban J connectivity index is 1.73. The standard InChI is InChI=1S/C21H30O2/c1-5-6-7-8-13-11-15(22)17-16(12-13)23-21(4)10-9-14-18(21)19(17)20(14,2)3/h11-12,14,18-19,22H,5-10H2,1-4H3/t14-,18+,19?,21+/m0/s1. The number of rotatable bonds is 4. The smallest absolute Gasteiger partial charge is 0.127 e. The van der Waals surface area contributed by atoms with Crippen LogP contribution in [0.5, 0.6) is 11.5 Å². The predicted octanol–water partition coefficient (Wildman–Crippen LogP) is 5.43. The summed E-state index contributed by atoms with van der Waals surface area (Å²) in [5.74, 6) is 3.22. The molecule has 0 aromatic heterocycles. The quantitative estimate of drug-likeness (QED) is 0.751. The molecule has 0 amide bonds. The van der Waals surface area contributed by atoms with Gasteiger partial charge in [-0.1, -0.05) is 33.6 Å². The van der Waals surface area contributed by atoms with Crippen LogP contribution >= 0.6 is 0 Å². The molecule has 0 radical (unpaired) electrons. The van der Waals surface area contributed by atoms with Gasteiger partial charge in [-0.15, -0.1) is 0 Å². The van der Waals surface area contributed by atoms with Crippen molar-refractivity contribution in [3.8, 4) is 11.5 Å². The normalized spacial score (nSPS) is 35.9. The minimum absolute atomic E-state index is 0.0215. The van der Waals surface area contributed by atoms with Crippen LogP contribution in [0.4, 0.5) is 0 Å². The van der Waals surface area contributed by atoms with E-state index in [1.54, 1.807) is 0 Å². The van der Waals surface area contributed by atoms with E-state index in [1.165, 1.54) is 31.2 Å². The molecule has 0 spiro atoms. The van der Waals surface area contributed by atoms with E-state index in [4.69, 9.17) is 4.74 Å². The van der Waals surface area contributed by atoms with Crippen molar-refractivity contribution in [2.45, 2.75) is 77.7 Å². The summed E-state index contributed by atoms with van der Waals surface area (Å²) in [4.78, 5) is 0. The number of hydrogen-bond donors (Lipinski definition) is 1. The second-order valence-corrected chi connectivity index (χ2v) is 8.87. The van der Waals surface area contributed by atoms with Gasteiger partial charge in [0.1, 0.15) is 17.1 Å². The van der Waals surface area contributed by atoms with Gasteiger partial charge in [0.05, 0.1) is 0 Å². The molecular weight excluding hydrogens is 284 g/mol. The van der Waals surface area contributed by atoms with Gasteiger partial charge in [-0.05, 0) is 61.6 Å². The summed E-state index contributed by atoms with van der Waals surface area (Å²) < 4.78 is 6.51. The van der Waals surface area contributed by atoms with Crippen molar-refractivity contribution in [2.75, 3.05) is 0 Å². The summed E-state index contributed by atoms with van der Waals surface area (Å²) in [5, 5.41) is 10.7. The molecule has 2 nitrogen and oxygen atoms in total. The molecule has 3 aliphatic rings. The molecule has 2 heteroatoms. The van der Waals surface area contributed by atoms with Gasteiger partial charge in [0.15, 0.2) is 0 Å². The Labute approximate surface area is 140 Å². The summed E-state index contributed by atoms with van der Waals surface area (Å²) in [6.45, 7) is 9.29. The molecule has 2 saturated carbocycles. The highest BCUT2D eigenvalue weighted by Crippen LogP contribution is 2.74. The Kier molecular flexibility index (Phi) is 3.28. The molecule has 0 bridgehead atoms. The van der Waals surface area contributed by atoms with Crippen molar-refractivity contribution in [3.63, 3.8) is 0 Å². The molecule has 1 heterocycles. The second-order valence-electron chi connectivity index (χ2n) is 8.87. The van der Waals surface area contributed by atoms with E-state index in [0.717, 1.165) is 30.1 Å². The van der Waals surface area contributed by atoms with Gasteiger partial charge in [-0.2, -0.15) is 0 Å². The highest BCUT2D eigenvalue weighted by atomic mass is 16.5. The molecule has 2 fully saturated rings. The largest absolute Gasteiger partial charge is 0.508 e. The number of phenols is 1. The average Bonchev–Trinajstić information content (AvgIpc) is 2.81. The first-order valence-electron chi connectivity index (χ1n) is 9.43. The van der Waals surface area contributed by atoms with Crippen LogP contribution in [0.1, 0.15) is 76.8 Å². The van der Waals surface area contributed by atoms with Crippen molar-refractivity contribution < 1.29 is 9.84 Å². The Morgan fingerprint density at radius 3 is 2.74 bits per heavy atom. The first kappa shape index (κ1) is 15.4.